The van der Waals surface area contributed by atoms with Gasteiger partial charge in [0.2, 0.25) is 5.91 Å². The SMILES string of the molecule is O=C(CN1CC[C@@H](c2ccccc2)C1)NCc1ccc(F)cc1. The number of hydrogen-bond donors (Lipinski definition) is 1. The molecule has 3 rings (SSSR count). The largest absolute Gasteiger partial charge is 0.351 e. The highest BCUT2D eigenvalue weighted by Crippen LogP contribution is 2.26. The third-order valence-electron chi connectivity index (χ3n) is 4.31. The molecule has 0 bridgehead atoms. The summed E-state index contributed by atoms with van der Waals surface area (Å²) >= 11 is 0. The monoisotopic (exact) mass is 312 g/mol. The minimum absolute atomic E-state index is 0.0167. The van der Waals surface area contributed by atoms with E-state index in [2.05, 4.69) is 34.5 Å². The number of rotatable bonds is 5. The van der Waals surface area contributed by atoms with E-state index in [0.717, 1.165) is 25.1 Å². The molecule has 2 aromatic carbocycles. The van der Waals surface area contributed by atoms with Crippen LogP contribution in [0.2, 0.25) is 0 Å². The zero-order chi connectivity index (χ0) is 16.1. The number of carbonyl (C=O) groups excluding carboxylic acids is 1. The zero-order valence-electron chi connectivity index (χ0n) is 13.0. The summed E-state index contributed by atoms with van der Waals surface area (Å²) in [5.74, 6) is 0.272. The second-order valence-corrected chi connectivity index (χ2v) is 6.03. The highest BCUT2D eigenvalue weighted by atomic mass is 19.1. The van der Waals surface area contributed by atoms with Gasteiger partial charge >= 0.3 is 0 Å². The summed E-state index contributed by atoms with van der Waals surface area (Å²) in [6.45, 7) is 2.73. The molecule has 0 saturated carbocycles. The van der Waals surface area contributed by atoms with Gasteiger partial charge in [-0.05, 0) is 42.1 Å². The van der Waals surface area contributed by atoms with E-state index >= 15 is 0 Å². The Morgan fingerprint density at radius 2 is 1.87 bits per heavy atom. The van der Waals surface area contributed by atoms with E-state index in [0.29, 0.717) is 19.0 Å². The third-order valence-corrected chi connectivity index (χ3v) is 4.31. The molecule has 1 heterocycles. The van der Waals surface area contributed by atoms with Crippen LogP contribution in [0.3, 0.4) is 0 Å². The van der Waals surface area contributed by atoms with Crippen molar-refractivity contribution in [1.82, 2.24) is 10.2 Å². The van der Waals surface area contributed by atoms with E-state index in [1.807, 2.05) is 6.07 Å². The fourth-order valence-corrected chi connectivity index (χ4v) is 3.04. The molecule has 0 unspecified atom stereocenters. The summed E-state index contributed by atoms with van der Waals surface area (Å²) in [4.78, 5) is 14.2. The molecular weight excluding hydrogens is 291 g/mol. The normalized spacial score (nSPS) is 18.0. The van der Waals surface area contributed by atoms with Gasteiger partial charge in [0.1, 0.15) is 5.82 Å². The second-order valence-electron chi connectivity index (χ2n) is 6.03. The fraction of sp³-hybridized carbons (Fsp3) is 0.316. The summed E-state index contributed by atoms with van der Waals surface area (Å²) < 4.78 is 12.8. The van der Waals surface area contributed by atoms with Crippen LogP contribution in [0.1, 0.15) is 23.5 Å². The van der Waals surface area contributed by atoms with Gasteiger partial charge < -0.3 is 5.32 Å². The van der Waals surface area contributed by atoms with Crippen LogP contribution in [0, 0.1) is 5.82 Å². The molecule has 1 aliphatic rings. The van der Waals surface area contributed by atoms with Gasteiger partial charge in [0.15, 0.2) is 0 Å². The first kappa shape index (κ1) is 15.7. The molecule has 0 aliphatic carbocycles. The summed E-state index contributed by atoms with van der Waals surface area (Å²) in [7, 11) is 0. The average molecular weight is 312 g/mol. The van der Waals surface area contributed by atoms with Crippen molar-refractivity contribution in [3.8, 4) is 0 Å². The van der Waals surface area contributed by atoms with Gasteiger partial charge in [-0.15, -0.1) is 0 Å². The van der Waals surface area contributed by atoms with Crippen molar-refractivity contribution in [2.45, 2.75) is 18.9 Å². The lowest BCUT2D eigenvalue weighted by Crippen LogP contribution is -2.35. The number of halogens is 1. The Kier molecular flexibility index (Phi) is 5.03. The van der Waals surface area contributed by atoms with Gasteiger partial charge in [-0.2, -0.15) is 0 Å². The number of amides is 1. The Morgan fingerprint density at radius 1 is 1.13 bits per heavy atom. The molecule has 0 radical (unpaired) electrons. The predicted octanol–water partition coefficient (Wildman–Crippen LogP) is 2.93. The molecule has 0 spiro atoms. The van der Waals surface area contributed by atoms with E-state index in [1.165, 1.54) is 17.7 Å². The Hall–Kier alpha value is -2.20. The molecule has 1 saturated heterocycles. The maximum atomic E-state index is 12.8. The van der Waals surface area contributed by atoms with Gasteiger partial charge in [0.05, 0.1) is 6.54 Å². The topological polar surface area (TPSA) is 32.3 Å². The third kappa shape index (κ3) is 4.39. The Morgan fingerprint density at radius 3 is 2.61 bits per heavy atom. The molecule has 1 amide bonds. The summed E-state index contributed by atoms with van der Waals surface area (Å²) in [6.07, 6.45) is 1.09. The Labute approximate surface area is 136 Å². The number of carbonyl (C=O) groups is 1. The van der Waals surface area contributed by atoms with Gasteiger partial charge in [-0.1, -0.05) is 42.5 Å². The van der Waals surface area contributed by atoms with Crippen LogP contribution in [0.5, 0.6) is 0 Å². The first-order valence-corrected chi connectivity index (χ1v) is 7.99. The van der Waals surface area contributed by atoms with Crippen molar-refractivity contribution >= 4 is 5.91 Å². The molecule has 1 fully saturated rings. The smallest absolute Gasteiger partial charge is 0.234 e. The summed E-state index contributed by atoms with van der Waals surface area (Å²) in [5, 5.41) is 2.90. The standard InChI is InChI=1S/C19H21FN2O/c20-18-8-6-15(7-9-18)12-21-19(23)14-22-11-10-17(13-22)16-4-2-1-3-5-16/h1-9,17H,10-14H2,(H,21,23)/t17-/m1/s1. The fourth-order valence-electron chi connectivity index (χ4n) is 3.04. The lowest BCUT2D eigenvalue weighted by Gasteiger charge is -2.16. The van der Waals surface area contributed by atoms with Crippen LogP contribution in [0.15, 0.2) is 54.6 Å². The van der Waals surface area contributed by atoms with Crippen molar-refractivity contribution in [3.63, 3.8) is 0 Å². The highest BCUT2D eigenvalue weighted by molar-refractivity contribution is 5.78. The van der Waals surface area contributed by atoms with Crippen LogP contribution in [0.4, 0.5) is 4.39 Å². The highest BCUT2D eigenvalue weighted by Gasteiger charge is 2.24. The van der Waals surface area contributed by atoms with E-state index in [4.69, 9.17) is 0 Å². The van der Waals surface area contributed by atoms with Gasteiger partial charge in [-0.3, -0.25) is 9.69 Å². The minimum Gasteiger partial charge on any atom is -0.351 e. The number of hydrogen-bond acceptors (Lipinski definition) is 2. The summed E-state index contributed by atoms with van der Waals surface area (Å²) in [6, 6.07) is 16.7. The average Bonchev–Trinajstić information content (AvgIpc) is 3.04. The second kappa shape index (κ2) is 7.38. The quantitative estimate of drug-likeness (QED) is 0.920. The van der Waals surface area contributed by atoms with Crippen molar-refractivity contribution in [2.24, 2.45) is 0 Å². The zero-order valence-corrected chi connectivity index (χ0v) is 13.0. The van der Waals surface area contributed by atoms with E-state index in [9.17, 15) is 9.18 Å². The van der Waals surface area contributed by atoms with Crippen molar-refractivity contribution in [2.75, 3.05) is 19.6 Å². The van der Waals surface area contributed by atoms with Crippen LogP contribution in [0.25, 0.3) is 0 Å². The first-order chi connectivity index (χ1) is 11.2. The number of likely N-dealkylation sites (tertiary alicyclic amines) is 1. The van der Waals surface area contributed by atoms with Crippen molar-refractivity contribution in [1.29, 1.82) is 0 Å². The number of nitrogens with zero attached hydrogens (tertiary/aromatic N) is 1. The minimum atomic E-state index is -0.260. The van der Waals surface area contributed by atoms with Crippen LogP contribution < -0.4 is 5.32 Å². The maximum absolute atomic E-state index is 12.8. The Bertz CT molecular complexity index is 642. The lowest BCUT2D eigenvalue weighted by atomic mass is 9.99. The van der Waals surface area contributed by atoms with Crippen LogP contribution in [-0.4, -0.2) is 30.4 Å². The first-order valence-electron chi connectivity index (χ1n) is 7.99. The number of benzene rings is 2. The molecule has 120 valence electrons. The van der Waals surface area contributed by atoms with Crippen LogP contribution >= 0.6 is 0 Å². The van der Waals surface area contributed by atoms with Gasteiger partial charge in [0.25, 0.3) is 0 Å². The molecule has 23 heavy (non-hydrogen) atoms. The van der Waals surface area contributed by atoms with Crippen LogP contribution in [-0.2, 0) is 11.3 Å². The molecule has 0 aromatic heterocycles. The predicted molar refractivity (Wildman–Crippen MR) is 88.5 cm³/mol. The molecular formula is C19H21FN2O. The van der Waals surface area contributed by atoms with Gasteiger partial charge in [0, 0.05) is 13.1 Å². The van der Waals surface area contributed by atoms with E-state index in [1.54, 1.807) is 12.1 Å². The van der Waals surface area contributed by atoms with E-state index in [-0.39, 0.29) is 11.7 Å². The molecule has 2 aromatic rings. The number of nitrogens with one attached hydrogen (secondary N) is 1. The molecule has 1 N–H and O–H groups in total. The summed E-state index contributed by atoms with van der Waals surface area (Å²) in [5.41, 5.74) is 2.25. The maximum Gasteiger partial charge on any atom is 0.234 e. The molecule has 4 heteroatoms. The molecule has 3 nitrogen and oxygen atoms in total. The van der Waals surface area contributed by atoms with Gasteiger partial charge in [-0.25, -0.2) is 4.39 Å². The van der Waals surface area contributed by atoms with Crippen molar-refractivity contribution in [3.05, 3.63) is 71.5 Å². The molecule has 1 atom stereocenters. The van der Waals surface area contributed by atoms with E-state index < -0.39 is 0 Å². The lowest BCUT2D eigenvalue weighted by molar-refractivity contribution is -0.122. The van der Waals surface area contributed by atoms with Crippen molar-refractivity contribution < 1.29 is 9.18 Å². The molecule has 1 aliphatic heterocycles. The Balaban J connectivity index is 1.45.